The molecule has 0 saturated carbocycles. The van der Waals surface area contributed by atoms with Gasteiger partial charge in [0.15, 0.2) is 5.82 Å². The van der Waals surface area contributed by atoms with Crippen molar-refractivity contribution in [3.05, 3.63) is 249 Å². The number of hydrogen-bond donors (Lipinski definition) is 0. The van der Waals surface area contributed by atoms with Gasteiger partial charge in [0.25, 0.3) is 0 Å². The lowest BCUT2D eigenvalue weighted by Crippen LogP contribution is -2.10. The van der Waals surface area contributed by atoms with Crippen LogP contribution in [-0.4, -0.2) is 9.97 Å². The fraction of sp³-hybridized carbons (Fsp3) is 0. The predicted octanol–water partition coefficient (Wildman–Crippen LogP) is 16.3. The van der Waals surface area contributed by atoms with E-state index in [2.05, 4.69) is 248 Å². The molecular formula is C60H41N3. The molecule has 1 heterocycles. The van der Waals surface area contributed by atoms with Crippen LogP contribution in [0.25, 0.3) is 88.8 Å². The average Bonchev–Trinajstić information content (AvgIpc) is 3.37. The van der Waals surface area contributed by atoms with Crippen LogP contribution in [-0.2, 0) is 0 Å². The first-order valence-electron chi connectivity index (χ1n) is 21.4. The summed E-state index contributed by atoms with van der Waals surface area (Å²) in [5.74, 6) is 0.696. The third kappa shape index (κ3) is 7.54. The van der Waals surface area contributed by atoms with E-state index in [9.17, 15) is 0 Å². The maximum atomic E-state index is 5.18. The summed E-state index contributed by atoms with van der Waals surface area (Å²) in [6, 6.07) is 88.3. The molecule has 0 radical (unpaired) electrons. The van der Waals surface area contributed by atoms with Gasteiger partial charge in [-0.05, 0) is 85.9 Å². The molecule has 0 aliphatic carbocycles. The summed E-state index contributed by atoms with van der Waals surface area (Å²) in [7, 11) is 0. The Kier molecular flexibility index (Phi) is 9.89. The summed E-state index contributed by atoms with van der Waals surface area (Å²) in [5, 5.41) is 4.76. The molecule has 0 aliphatic rings. The molecule has 0 bridgehead atoms. The zero-order valence-corrected chi connectivity index (χ0v) is 34.5. The molecule has 0 amide bonds. The monoisotopic (exact) mass is 803 g/mol. The average molecular weight is 804 g/mol. The number of fused-ring (bicyclic) bond motifs is 2. The Hall–Kier alpha value is -8.40. The first-order chi connectivity index (χ1) is 31.2. The van der Waals surface area contributed by atoms with Crippen LogP contribution in [0.1, 0.15) is 0 Å². The molecule has 3 heteroatoms. The fourth-order valence-corrected chi connectivity index (χ4v) is 8.65. The van der Waals surface area contributed by atoms with Crippen LogP contribution in [0.5, 0.6) is 0 Å². The van der Waals surface area contributed by atoms with Gasteiger partial charge in [-0.25, -0.2) is 9.97 Å². The minimum atomic E-state index is 0.696. The molecule has 0 unspecified atom stereocenters. The second-order valence-electron chi connectivity index (χ2n) is 15.8. The molecular weight excluding hydrogens is 763 g/mol. The van der Waals surface area contributed by atoms with Crippen molar-refractivity contribution in [3.8, 4) is 67.3 Å². The first kappa shape index (κ1) is 37.6. The van der Waals surface area contributed by atoms with E-state index in [0.717, 1.165) is 56.3 Å². The lowest BCUT2D eigenvalue weighted by Gasteiger charge is -2.27. The predicted molar refractivity (Wildman–Crippen MR) is 264 cm³/mol. The Balaban J connectivity index is 0.918. The molecule has 10 aromatic carbocycles. The van der Waals surface area contributed by atoms with E-state index in [0.29, 0.717) is 5.82 Å². The minimum absolute atomic E-state index is 0.696. The van der Waals surface area contributed by atoms with Gasteiger partial charge in [-0.2, -0.15) is 0 Å². The third-order valence-electron chi connectivity index (χ3n) is 11.9. The molecule has 0 aliphatic heterocycles. The fourth-order valence-electron chi connectivity index (χ4n) is 8.65. The van der Waals surface area contributed by atoms with Crippen molar-refractivity contribution in [1.29, 1.82) is 0 Å². The Morgan fingerprint density at radius 2 is 0.667 bits per heavy atom. The lowest BCUT2D eigenvalue weighted by atomic mass is 9.99. The zero-order chi connectivity index (χ0) is 42.0. The van der Waals surface area contributed by atoms with Gasteiger partial charge in [0.05, 0.1) is 17.1 Å². The first-order valence-corrected chi connectivity index (χ1v) is 21.4. The molecule has 3 nitrogen and oxygen atoms in total. The molecule has 0 saturated heterocycles. The van der Waals surface area contributed by atoms with Crippen LogP contribution in [0.15, 0.2) is 249 Å². The molecule has 1 aromatic heterocycles. The van der Waals surface area contributed by atoms with Crippen LogP contribution in [0.2, 0.25) is 0 Å². The van der Waals surface area contributed by atoms with E-state index in [-0.39, 0.29) is 0 Å². The number of aromatic nitrogens is 2. The van der Waals surface area contributed by atoms with Crippen molar-refractivity contribution in [3.63, 3.8) is 0 Å². The van der Waals surface area contributed by atoms with Gasteiger partial charge in [-0.1, -0.05) is 212 Å². The Bertz CT molecular complexity index is 3330. The highest BCUT2D eigenvalue weighted by Crippen LogP contribution is 2.41. The van der Waals surface area contributed by atoms with Gasteiger partial charge in [-0.3, -0.25) is 0 Å². The molecule has 11 aromatic rings. The molecule has 63 heavy (non-hydrogen) atoms. The number of rotatable bonds is 9. The van der Waals surface area contributed by atoms with Gasteiger partial charge in [0.2, 0.25) is 0 Å². The second kappa shape index (κ2) is 16.6. The van der Waals surface area contributed by atoms with Gasteiger partial charge in [0, 0.05) is 33.5 Å². The van der Waals surface area contributed by atoms with E-state index in [4.69, 9.17) is 9.97 Å². The molecule has 0 N–H and O–H groups in total. The summed E-state index contributed by atoms with van der Waals surface area (Å²) in [5.41, 5.74) is 15.3. The number of hydrogen-bond acceptors (Lipinski definition) is 3. The van der Waals surface area contributed by atoms with Gasteiger partial charge >= 0.3 is 0 Å². The lowest BCUT2D eigenvalue weighted by molar-refractivity contribution is 1.18. The van der Waals surface area contributed by atoms with Crippen LogP contribution in [0.3, 0.4) is 0 Å². The van der Waals surface area contributed by atoms with E-state index in [1.807, 2.05) is 6.07 Å². The van der Waals surface area contributed by atoms with Gasteiger partial charge in [-0.15, -0.1) is 0 Å². The van der Waals surface area contributed by atoms with Crippen molar-refractivity contribution in [2.45, 2.75) is 0 Å². The largest absolute Gasteiger partial charge is 0.310 e. The van der Waals surface area contributed by atoms with Crippen LogP contribution in [0.4, 0.5) is 17.1 Å². The van der Waals surface area contributed by atoms with Crippen molar-refractivity contribution >= 4 is 38.6 Å². The topological polar surface area (TPSA) is 29.0 Å². The molecule has 296 valence electrons. The molecule has 0 fully saturated rings. The maximum absolute atomic E-state index is 5.18. The summed E-state index contributed by atoms with van der Waals surface area (Å²) in [6.07, 6.45) is 0. The third-order valence-corrected chi connectivity index (χ3v) is 11.9. The Morgan fingerprint density at radius 1 is 0.270 bits per heavy atom. The molecule has 0 atom stereocenters. The van der Waals surface area contributed by atoms with Gasteiger partial charge < -0.3 is 4.90 Å². The van der Waals surface area contributed by atoms with Crippen molar-refractivity contribution < 1.29 is 0 Å². The van der Waals surface area contributed by atoms with Crippen LogP contribution in [0, 0.1) is 0 Å². The second-order valence-corrected chi connectivity index (χ2v) is 15.8. The highest BCUT2D eigenvalue weighted by atomic mass is 15.1. The molecule has 0 spiro atoms. The Morgan fingerprint density at radius 3 is 1.24 bits per heavy atom. The highest BCUT2D eigenvalue weighted by Gasteiger charge is 2.17. The van der Waals surface area contributed by atoms with Crippen molar-refractivity contribution in [2.75, 3.05) is 4.90 Å². The summed E-state index contributed by atoms with van der Waals surface area (Å²) < 4.78 is 0. The van der Waals surface area contributed by atoms with E-state index < -0.39 is 0 Å². The smallest absolute Gasteiger partial charge is 0.160 e. The highest BCUT2D eigenvalue weighted by molar-refractivity contribution is 5.99. The summed E-state index contributed by atoms with van der Waals surface area (Å²) in [4.78, 5) is 12.7. The quantitative estimate of drug-likeness (QED) is 0.146. The van der Waals surface area contributed by atoms with E-state index in [1.54, 1.807) is 0 Å². The van der Waals surface area contributed by atoms with Gasteiger partial charge in [0.1, 0.15) is 0 Å². The minimum Gasteiger partial charge on any atom is -0.310 e. The number of benzene rings is 10. The summed E-state index contributed by atoms with van der Waals surface area (Å²) in [6.45, 7) is 0. The standard InChI is InChI=1S/C60H41N3/c1-3-13-42(14-4-1)43-25-27-44(28-26-43)46-33-37-52(38-34-46)63(59-24-12-20-49-16-8-10-22-55(49)59)53-39-35-47(36-40-53)45-29-31-51(32-30-45)60-61-57(50-17-5-2-6-18-50)41-58(62-60)56-23-11-19-48-15-7-9-21-54(48)56/h1-41H. The van der Waals surface area contributed by atoms with Crippen LogP contribution < -0.4 is 4.90 Å². The van der Waals surface area contributed by atoms with Crippen LogP contribution >= 0.6 is 0 Å². The zero-order valence-electron chi connectivity index (χ0n) is 34.5. The SMILES string of the molecule is c1ccc(-c2ccc(-c3ccc(N(c4ccc(-c5ccc(-c6nc(-c7ccccc7)cc(-c7cccc8ccccc78)n6)cc5)cc4)c4cccc5ccccc45)cc3)cc2)cc1. The van der Waals surface area contributed by atoms with Crippen molar-refractivity contribution in [1.82, 2.24) is 9.97 Å². The maximum Gasteiger partial charge on any atom is 0.160 e. The Labute approximate surface area is 367 Å². The number of nitrogens with zero attached hydrogens (tertiary/aromatic N) is 3. The number of anilines is 3. The normalized spacial score (nSPS) is 11.2. The van der Waals surface area contributed by atoms with E-state index in [1.165, 1.54) is 43.8 Å². The van der Waals surface area contributed by atoms with Crippen molar-refractivity contribution in [2.24, 2.45) is 0 Å². The molecule has 11 rings (SSSR count). The van der Waals surface area contributed by atoms with E-state index >= 15 is 0 Å². The summed E-state index contributed by atoms with van der Waals surface area (Å²) >= 11 is 0.